The molecule has 2 N–H and O–H groups in total. The van der Waals surface area contributed by atoms with Gasteiger partial charge in [0.1, 0.15) is 0 Å². The third kappa shape index (κ3) is 4.63. The van der Waals surface area contributed by atoms with E-state index in [9.17, 15) is 13.2 Å². The number of aromatic nitrogens is 3. The third-order valence-corrected chi connectivity index (χ3v) is 6.22. The van der Waals surface area contributed by atoms with Crippen molar-refractivity contribution in [2.45, 2.75) is 11.8 Å². The molecule has 0 spiro atoms. The number of benzene rings is 3. The molecule has 32 heavy (non-hydrogen) atoms. The number of halogens is 1. The lowest BCUT2D eigenvalue weighted by atomic mass is 10.2. The second kappa shape index (κ2) is 8.81. The zero-order chi connectivity index (χ0) is 22.7. The molecule has 0 aliphatic carbocycles. The van der Waals surface area contributed by atoms with Crippen molar-refractivity contribution in [3.8, 4) is 5.69 Å². The SMILES string of the molecule is Cc1c(C(=O)Nc2cccc(NS(=O)(=O)c3ccccc3)c2)nnn1-c1cccc(Cl)c1. The standard InChI is InChI=1S/C22H18ClN5O3S/c1-15-21(25-27-28(15)19-10-5-7-16(23)13-19)22(29)24-17-8-6-9-18(14-17)26-32(30,31)20-11-3-2-4-12-20/h2-14,26H,1H3,(H,24,29). The van der Waals surface area contributed by atoms with Gasteiger partial charge in [0.05, 0.1) is 22.0 Å². The van der Waals surface area contributed by atoms with Crippen LogP contribution in [-0.2, 0) is 10.0 Å². The molecule has 0 radical (unpaired) electrons. The molecule has 0 aliphatic rings. The summed E-state index contributed by atoms with van der Waals surface area (Å²) in [5.74, 6) is -0.473. The molecule has 162 valence electrons. The van der Waals surface area contributed by atoms with Gasteiger partial charge in [-0.15, -0.1) is 5.10 Å². The summed E-state index contributed by atoms with van der Waals surface area (Å²) in [5.41, 5.74) is 2.07. The second-order valence-electron chi connectivity index (χ2n) is 6.87. The van der Waals surface area contributed by atoms with Crippen LogP contribution in [-0.4, -0.2) is 29.3 Å². The zero-order valence-electron chi connectivity index (χ0n) is 16.9. The Labute approximate surface area is 189 Å². The summed E-state index contributed by atoms with van der Waals surface area (Å²) >= 11 is 6.03. The first kappa shape index (κ1) is 21.5. The Bertz CT molecular complexity index is 1390. The predicted molar refractivity (Wildman–Crippen MR) is 123 cm³/mol. The molecule has 1 aromatic heterocycles. The maximum absolute atomic E-state index is 12.8. The van der Waals surface area contributed by atoms with Gasteiger partial charge in [0, 0.05) is 10.7 Å². The first-order valence-corrected chi connectivity index (χ1v) is 11.4. The molecule has 0 unspecified atom stereocenters. The fraction of sp³-hybridized carbons (Fsp3) is 0.0455. The molecule has 0 atom stereocenters. The Morgan fingerprint density at radius 3 is 2.41 bits per heavy atom. The molecule has 10 heteroatoms. The van der Waals surface area contributed by atoms with E-state index >= 15 is 0 Å². The predicted octanol–water partition coefficient (Wildman–Crippen LogP) is 4.28. The van der Waals surface area contributed by atoms with Crippen molar-refractivity contribution < 1.29 is 13.2 Å². The molecular weight excluding hydrogens is 450 g/mol. The van der Waals surface area contributed by atoms with Crippen molar-refractivity contribution in [2.75, 3.05) is 10.0 Å². The molecule has 0 fully saturated rings. The van der Waals surface area contributed by atoms with Crippen molar-refractivity contribution in [3.63, 3.8) is 0 Å². The van der Waals surface area contributed by atoms with E-state index in [1.54, 1.807) is 67.6 Å². The number of hydrogen-bond acceptors (Lipinski definition) is 5. The highest BCUT2D eigenvalue weighted by Crippen LogP contribution is 2.21. The molecule has 0 aliphatic heterocycles. The normalized spacial score (nSPS) is 11.2. The van der Waals surface area contributed by atoms with E-state index in [0.29, 0.717) is 27.8 Å². The van der Waals surface area contributed by atoms with Crippen LogP contribution >= 0.6 is 11.6 Å². The molecular formula is C22H18ClN5O3S. The number of nitrogens with one attached hydrogen (secondary N) is 2. The van der Waals surface area contributed by atoms with Gasteiger partial charge in [0.25, 0.3) is 15.9 Å². The van der Waals surface area contributed by atoms with Crippen molar-refractivity contribution in [1.82, 2.24) is 15.0 Å². The highest BCUT2D eigenvalue weighted by Gasteiger charge is 2.18. The second-order valence-corrected chi connectivity index (χ2v) is 8.99. The van der Waals surface area contributed by atoms with E-state index in [0.717, 1.165) is 0 Å². The van der Waals surface area contributed by atoms with Crippen molar-refractivity contribution >= 4 is 38.9 Å². The lowest BCUT2D eigenvalue weighted by Gasteiger charge is -2.10. The lowest BCUT2D eigenvalue weighted by molar-refractivity contribution is 0.102. The van der Waals surface area contributed by atoms with Crippen LogP contribution in [0.15, 0.2) is 83.8 Å². The van der Waals surface area contributed by atoms with Crippen LogP contribution in [0.5, 0.6) is 0 Å². The van der Waals surface area contributed by atoms with Gasteiger partial charge in [-0.2, -0.15) is 0 Å². The Kier molecular flexibility index (Phi) is 5.93. The fourth-order valence-electron chi connectivity index (χ4n) is 3.06. The molecule has 1 amide bonds. The highest BCUT2D eigenvalue weighted by molar-refractivity contribution is 7.92. The molecule has 0 bridgehead atoms. The average Bonchev–Trinajstić information content (AvgIpc) is 3.16. The summed E-state index contributed by atoms with van der Waals surface area (Å²) in [6, 6.07) is 21.5. The van der Waals surface area contributed by atoms with Gasteiger partial charge in [-0.25, -0.2) is 13.1 Å². The maximum Gasteiger partial charge on any atom is 0.278 e. The van der Waals surface area contributed by atoms with Gasteiger partial charge in [0.15, 0.2) is 5.69 Å². The largest absolute Gasteiger partial charge is 0.320 e. The Morgan fingerprint density at radius 1 is 0.938 bits per heavy atom. The van der Waals surface area contributed by atoms with Crippen LogP contribution in [0.1, 0.15) is 16.2 Å². The fourth-order valence-corrected chi connectivity index (χ4v) is 4.31. The number of carbonyl (C=O) groups excluding carboxylic acids is 1. The quantitative estimate of drug-likeness (QED) is 0.440. The van der Waals surface area contributed by atoms with Crippen LogP contribution in [0.4, 0.5) is 11.4 Å². The molecule has 8 nitrogen and oxygen atoms in total. The lowest BCUT2D eigenvalue weighted by Crippen LogP contribution is -2.15. The Morgan fingerprint density at radius 2 is 1.66 bits per heavy atom. The molecule has 0 saturated heterocycles. The number of hydrogen-bond donors (Lipinski definition) is 2. The van der Waals surface area contributed by atoms with Gasteiger partial charge >= 0.3 is 0 Å². The molecule has 3 aromatic carbocycles. The summed E-state index contributed by atoms with van der Waals surface area (Å²) < 4.78 is 29.1. The van der Waals surface area contributed by atoms with Crippen LogP contribution in [0, 0.1) is 6.92 Å². The van der Waals surface area contributed by atoms with Gasteiger partial charge in [-0.3, -0.25) is 9.52 Å². The highest BCUT2D eigenvalue weighted by atomic mass is 35.5. The van der Waals surface area contributed by atoms with E-state index in [1.807, 2.05) is 0 Å². The number of nitrogens with zero attached hydrogens (tertiary/aromatic N) is 3. The Hall–Kier alpha value is -3.69. The van der Waals surface area contributed by atoms with Crippen LogP contribution in [0.3, 0.4) is 0 Å². The molecule has 1 heterocycles. The number of amides is 1. The number of anilines is 2. The van der Waals surface area contributed by atoms with Crippen molar-refractivity contribution in [1.29, 1.82) is 0 Å². The molecule has 4 rings (SSSR count). The molecule has 0 saturated carbocycles. The minimum Gasteiger partial charge on any atom is -0.320 e. The minimum absolute atomic E-state index is 0.139. The van der Waals surface area contributed by atoms with E-state index in [4.69, 9.17) is 11.6 Å². The van der Waals surface area contributed by atoms with E-state index in [2.05, 4.69) is 20.4 Å². The van der Waals surface area contributed by atoms with Crippen LogP contribution in [0.25, 0.3) is 5.69 Å². The summed E-state index contributed by atoms with van der Waals surface area (Å²) in [6.45, 7) is 1.72. The number of carbonyl (C=O) groups is 1. The van der Waals surface area contributed by atoms with E-state index in [-0.39, 0.29) is 10.6 Å². The topological polar surface area (TPSA) is 106 Å². The summed E-state index contributed by atoms with van der Waals surface area (Å²) in [5, 5.41) is 11.3. The number of sulfonamides is 1. The van der Waals surface area contributed by atoms with Crippen molar-refractivity contribution in [2.24, 2.45) is 0 Å². The third-order valence-electron chi connectivity index (χ3n) is 4.59. The van der Waals surface area contributed by atoms with Gasteiger partial charge in [-0.05, 0) is 55.5 Å². The Balaban J connectivity index is 1.53. The maximum atomic E-state index is 12.8. The summed E-state index contributed by atoms with van der Waals surface area (Å²) in [7, 11) is -3.75. The van der Waals surface area contributed by atoms with Gasteiger partial charge < -0.3 is 5.32 Å². The van der Waals surface area contributed by atoms with Crippen LogP contribution < -0.4 is 10.0 Å². The smallest absolute Gasteiger partial charge is 0.278 e. The first-order chi connectivity index (χ1) is 15.3. The zero-order valence-corrected chi connectivity index (χ0v) is 18.4. The minimum atomic E-state index is -3.75. The monoisotopic (exact) mass is 467 g/mol. The van der Waals surface area contributed by atoms with E-state index < -0.39 is 15.9 Å². The summed E-state index contributed by atoms with van der Waals surface area (Å²) in [4.78, 5) is 12.9. The summed E-state index contributed by atoms with van der Waals surface area (Å²) in [6.07, 6.45) is 0. The van der Waals surface area contributed by atoms with E-state index in [1.165, 1.54) is 22.9 Å². The molecule has 4 aromatic rings. The van der Waals surface area contributed by atoms with Crippen LogP contribution in [0.2, 0.25) is 5.02 Å². The number of rotatable bonds is 6. The average molecular weight is 468 g/mol. The first-order valence-electron chi connectivity index (χ1n) is 9.51. The van der Waals surface area contributed by atoms with Gasteiger partial charge in [-0.1, -0.05) is 47.1 Å². The van der Waals surface area contributed by atoms with Crippen molar-refractivity contribution in [3.05, 3.63) is 95.3 Å². The van der Waals surface area contributed by atoms with Gasteiger partial charge in [0.2, 0.25) is 0 Å².